The number of aliphatic carboxylic acids is 1. The van der Waals surface area contributed by atoms with Gasteiger partial charge in [0.05, 0.1) is 5.39 Å². The van der Waals surface area contributed by atoms with Crippen LogP contribution in [0.2, 0.25) is 0 Å². The lowest BCUT2D eigenvalue weighted by molar-refractivity contribution is -0.137. The highest BCUT2D eigenvalue weighted by molar-refractivity contribution is 7.18. The van der Waals surface area contributed by atoms with E-state index in [2.05, 4.69) is 22.2 Å². The van der Waals surface area contributed by atoms with Crippen molar-refractivity contribution >= 4 is 33.3 Å². The van der Waals surface area contributed by atoms with Crippen molar-refractivity contribution < 1.29 is 9.90 Å². The number of fused-ring (bicyclic) bond motifs is 1. The van der Waals surface area contributed by atoms with Gasteiger partial charge in [0.25, 0.3) is 0 Å². The minimum absolute atomic E-state index is 0.600. The third-order valence-corrected chi connectivity index (χ3v) is 3.80. The van der Waals surface area contributed by atoms with Crippen LogP contribution >= 0.6 is 11.3 Å². The van der Waals surface area contributed by atoms with Crippen molar-refractivity contribution in [3.63, 3.8) is 0 Å². The fourth-order valence-corrected chi connectivity index (χ4v) is 2.64. The van der Waals surface area contributed by atoms with Gasteiger partial charge in [-0.3, -0.25) is 4.79 Å². The van der Waals surface area contributed by atoms with Crippen LogP contribution in [0.25, 0.3) is 10.2 Å². The minimum Gasteiger partial charge on any atom is -0.480 e. The Balaban J connectivity index is 2.47. The van der Waals surface area contributed by atoms with Gasteiger partial charge in [0, 0.05) is 4.88 Å². The van der Waals surface area contributed by atoms with E-state index in [0.717, 1.165) is 16.6 Å². The summed E-state index contributed by atoms with van der Waals surface area (Å²) in [5.41, 5.74) is 0. The molecular formula is C12H15N3O2S. The molecule has 2 aromatic rings. The molecule has 6 heteroatoms. The lowest BCUT2D eigenvalue weighted by Gasteiger charge is -2.10. The maximum absolute atomic E-state index is 10.9. The Hall–Kier alpha value is -1.69. The zero-order chi connectivity index (χ0) is 13.3. The summed E-state index contributed by atoms with van der Waals surface area (Å²) in [5, 5.41) is 12.8. The number of nitrogens with zero attached hydrogens (tertiary/aromatic N) is 2. The maximum atomic E-state index is 10.9. The van der Waals surface area contributed by atoms with Crippen molar-refractivity contribution in [3.8, 4) is 0 Å². The summed E-state index contributed by atoms with van der Waals surface area (Å²) in [6.07, 6.45) is 0.938. The van der Waals surface area contributed by atoms with E-state index in [1.807, 2.05) is 6.07 Å². The Morgan fingerprint density at radius 3 is 2.89 bits per heavy atom. The van der Waals surface area contributed by atoms with E-state index in [1.54, 1.807) is 25.2 Å². The van der Waals surface area contributed by atoms with Crippen LogP contribution < -0.4 is 5.32 Å². The van der Waals surface area contributed by atoms with Crippen molar-refractivity contribution in [1.82, 2.24) is 9.97 Å². The number of carboxylic acids is 1. The van der Waals surface area contributed by atoms with Gasteiger partial charge < -0.3 is 10.4 Å². The van der Waals surface area contributed by atoms with Gasteiger partial charge in [0.1, 0.15) is 22.5 Å². The molecule has 0 aromatic carbocycles. The van der Waals surface area contributed by atoms with E-state index in [-0.39, 0.29) is 0 Å². The number of aryl methyl sites for hydroxylation is 2. The van der Waals surface area contributed by atoms with Gasteiger partial charge >= 0.3 is 5.97 Å². The number of thiophene rings is 1. The standard InChI is InChI=1S/C12H15N3O2S/c1-4-8-5-9-10(13-6(2)12(16)17)14-7(3)15-11(9)18-8/h5-6H,4H2,1-3H3,(H,16,17)(H,13,14,15)/t6-/m1/s1. The number of hydrogen-bond acceptors (Lipinski definition) is 5. The number of carbonyl (C=O) groups is 1. The molecule has 0 saturated heterocycles. The third-order valence-electron chi connectivity index (χ3n) is 2.63. The highest BCUT2D eigenvalue weighted by Crippen LogP contribution is 2.29. The second-order valence-electron chi connectivity index (χ2n) is 4.11. The van der Waals surface area contributed by atoms with Crippen LogP contribution in [0.5, 0.6) is 0 Å². The van der Waals surface area contributed by atoms with Crippen molar-refractivity contribution in [2.75, 3.05) is 5.32 Å². The summed E-state index contributed by atoms with van der Waals surface area (Å²) >= 11 is 1.62. The first-order valence-corrected chi connectivity index (χ1v) is 6.59. The first-order chi connectivity index (χ1) is 8.51. The zero-order valence-corrected chi connectivity index (χ0v) is 11.3. The molecule has 18 heavy (non-hydrogen) atoms. The zero-order valence-electron chi connectivity index (χ0n) is 10.5. The highest BCUT2D eigenvalue weighted by atomic mass is 32.1. The molecule has 1 atom stereocenters. The van der Waals surface area contributed by atoms with Gasteiger partial charge in [-0.05, 0) is 26.3 Å². The molecule has 0 fully saturated rings. The summed E-state index contributed by atoms with van der Waals surface area (Å²) in [4.78, 5) is 21.7. The van der Waals surface area contributed by atoms with Gasteiger partial charge in [-0.2, -0.15) is 0 Å². The summed E-state index contributed by atoms with van der Waals surface area (Å²) < 4.78 is 0. The Kier molecular flexibility index (Phi) is 3.47. The van der Waals surface area contributed by atoms with Crippen LogP contribution in [0.15, 0.2) is 6.07 Å². The quantitative estimate of drug-likeness (QED) is 0.888. The van der Waals surface area contributed by atoms with E-state index < -0.39 is 12.0 Å². The molecule has 0 aliphatic heterocycles. The summed E-state index contributed by atoms with van der Waals surface area (Å²) in [6.45, 7) is 5.48. The molecule has 0 spiro atoms. The molecule has 2 heterocycles. The Bertz CT molecular complexity index is 594. The number of anilines is 1. The average Bonchev–Trinajstić information content (AvgIpc) is 2.71. The predicted octanol–water partition coefficient (Wildman–Crippen LogP) is 2.45. The van der Waals surface area contributed by atoms with E-state index in [4.69, 9.17) is 5.11 Å². The van der Waals surface area contributed by atoms with Gasteiger partial charge in [-0.25, -0.2) is 9.97 Å². The number of carboxylic acid groups (broad SMARTS) is 1. The molecule has 0 unspecified atom stereocenters. The SMILES string of the molecule is CCc1cc2c(N[C@H](C)C(=O)O)nc(C)nc2s1. The lowest BCUT2D eigenvalue weighted by atomic mass is 10.2. The fraction of sp³-hybridized carbons (Fsp3) is 0.417. The lowest BCUT2D eigenvalue weighted by Crippen LogP contribution is -2.26. The van der Waals surface area contributed by atoms with Crippen LogP contribution in [-0.4, -0.2) is 27.1 Å². The van der Waals surface area contributed by atoms with Gasteiger partial charge in [0.15, 0.2) is 0 Å². The molecule has 96 valence electrons. The number of rotatable bonds is 4. The Morgan fingerprint density at radius 1 is 1.56 bits per heavy atom. The molecule has 0 saturated carbocycles. The minimum atomic E-state index is -0.898. The number of nitrogens with one attached hydrogen (secondary N) is 1. The van der Waals surface area contributed by atoms with E-state index in [9.17, 15) is 4.79 Å². The normalized spacial score (nSPS) is 12.6. The van der Waals surface area contributed by atoms with Gasteiger partial charge in [-0.1, -0.05) is 6.92 Å². The molecule has 0 aliphatic carbocycles. The summed E-state index contributed by atoms with van der Waals surface area (Å²) in [5.74, 6) is 0.348. The monoisotopic (exact) mass is 265 g/mol. The van der Waals surface area contributed by atoms with E-state index in [1.165, 1.54) is 4.88 Å². The first kappa shape index (κ1) is 12.8. The van der Waals surface area contributed by atoms with E-state index in [0.29, 0.717) is 11.6 Å². The van der Waals surface area contributed by atoms with Gasteiger partial charge in [-0.15, -0.1) is 11.3 Å². The third kappa shape index (κ3) is 2.43. The molecular weight excluding hydrogens is 250 g/mol. The summed E-state index contributed by atoms with van der Waals surface area (Å²) in [7, 11) is 0. The van der Waals surface area contributed by atoms with Crippen molar-refractivity contribution in [3.05, 3.63) is 16.8 Å². The smallest absolute Gasteiger partial charge is 0.325 e. The van der Waals surface area contributed by atoms with Crippen LogP contribution in [-0.2, 0) is 11.2 Å². The molecule has 2 rings (SSSR count). The van der Waals surface area contributed by atoms with Crippen molar-refractivity contribution in [2.24, 2.45) is 0 Å². The van der Waals surface area contributed by atoms with Crippen LogP contribution in [0.4, 0.5) is 5.82 Å². The molecule has 5 nitrogen and oxygen atoms in total. The topological polar surface area (TPSA) is 75.1 Å². The predicted molar refractivity (Wildman–Crippen MR) is 72.3 cm³/mol. The van der Waals surface area contributed by atoms with Crippen LogP contribution in [0.3, 0.4) is 0 Å². The van der Waals surface area contributed by atoms with Crippen molar-refractivity contribution in [2.45, 2.75) is 33.2 Å². The average molecular weight is 265 g/mol. The van der Waals surface area contributed by atoms with Crippen LogP contribution in [0, 0.1) is 6.92 Å². The summed E-state index contributed by atoms with van der Waals surface area (Å²) in [6, 6.07) is 1.35. The Morgan fingerprint density at radius 2 is 2.28 bits per heavy atom. The molecule has 0 radical (unpaired) electrons. The molecule has 0 amide bonds. The second-order valence-corrected chi connectivity index (χ2v) is 5.22. The fourth-order valence-electron chi connectivity index (χ4n) is 1.63. The van der Waals surface area contributed by atoms with E-state index >= 15 is 0 Å². The first-order valence-electron chi connectivity index (χ1n) is 5.77. The van der Waals surface area contributed by atoms with Gasteiger partial charge in [0.2, 0.25) is 0 Å². The second kappa shape index (κ2) is 4.89. The maximum Gasteiger partial charge on any atom is 0.325 e. The number of hydrogen-bond donors (Lipinski definition) is 2. The molecule has 2 N–H and O–H groups in total. The number of aromatic nitrogens is 2. The molecule has 0 bridgehead atoms. The molecule has 2 aromatic heterocycles. The molecule has 0 aliphatic rings. The van der Waals surface area contributed by atoms with Crippen molar-refractivity contribution in [1.29, 1.82) is 0 Å². The largest absolute Gasteiger partial charge is 0.480 e. The highest BCUT2D eigenvalue weighted by Gasteiger charge is 2.15. The van der Waals surface area contributed by atoms with Crippen LogP contribution in [0.1, 0.15) is 24.5 Å². The Labute approximate surface area is 109 Å².